The molecule has 14 heteroatoms. The van der Waals surface area contributed by atoms with Crippen molar-refractivity contribution in [1.29, 1.82) is 0 Å². The third kappa shape index (κ3) is 4.73. The minimum absolute atomic E-state index is 0.00683. The van der Waals surface area contributed by atoms with Crippen LogP contribution < -0.4 is 15.8 Å². The number of hydrogen-bond acceptors (Lipinski definition) is 9. The normalized spacial score (nSPS) is 22.2. The highest BCUT2D eigenvalue weighted by Crippen LogP contribution is 2.63. The molecule has 0 radical (unpaired) electrons. The molecule has 11 rings (SSSR count). The number of benzene rings is 2. The Bertz CT molecular complexity index is 2580. The van der Waals surface area contributed by atoms with Crippen molar-refractivity contribution in [1.82, 2.24) is 25.1 Å². The molecule has 0 unspecified atom stereocenters. The molecule has 2 aliphatic carbocycles. The summed E-state index contributed by atoms with van der Waals surface area (Å²) in [5.41, 5.74) is 4.95. The summed E-state index contributed by atoms with van der Waals surface area (Å²) in [6.45, 7) is 2.50. The zero-order valence-electron chi connectivity index (χ0n) is 28.6. The maximum Gasteiger partial charge on any atom is 0.434 e. The second kappa shape index (κ2) is 11.5. The molecular weight excluding hydrogens is 706 g/mol. The van der Waals surface area contributed by atoms with E-state index in [9.17, 15) is 18.4 Å². The Morgan fingerprint density at radius 2 is 1.87 bits per heavy atom. The first kappa shape index (κ1) is 32.2. The van der Waals surface area contributed by atoms with Crippen LogP contribution in [0.2, 0.25) is 0 Å². The number of carbonyl (C=O) groups excluding carboxylic acids is 1. The van der Waals surface area contributed by atoms with Crippen LogP contribution in [0, 0.1) is 24.5 Å². The number of hydrogen-bond donors (Lipinski definition) is 2. The number of aryl methyl sites for hydroxylation is 3. The van der Waals surface area contributed by atoms with Gasteiger partial charge >= 0.3 is 5.76 Å². The lowest BCUT2D eigenvalue weighted by Gasteiger charge is -2.37. The maximum absolute atomic E-state index is 15.8. The number of rotatable bonds is 8. The summed E-state index contributed by atoms with van der Waals surface area (Å²) in [5.74, 6) is -0.837. The highest BCUT2D eigenvalue weighted by Gasteiger charge is 2.65. The van der Waals surface area contributed by atoms with Gasteiger partial charge in [-0.3, -0.25) is 9.78 Å². The second-order valence-corrected chi connectivity index (χ2v) is 15.5. The fourth-order valence-electron chi connectivity index (χ4n) is 9.06. The van der Waals surface area contributed by atoms with Crippen molar-refractivity contribution in [3.63, 3.8) is 0 Å². The molecule has 2 aromatic carbocycles. The standard InChI is InChI=1S/C39H31F3N6O4S/c1-17-11-20-12-27(53-33(20)35(43-17)45-31-22-8-9-24(41)32(51-2)23(22)13-25(31)42)29-28(36-46-47-38(50)52-36)26(10-5-18-3-6-21(40)7-4-18)44-34-30(29)37(49)48-16-19-14-39(34,48)15-19/h3-4,6-9,11-12,19,25,31H,5,10,13-16H2,1-2H3,(H,43,45)(H,47,50)/t19?,25-,31+,39?/m1/s1. The molecular formula is C39H31F3N6O4S. The average molecular weight is 737 g/mol. The van der Waals surface area contributed by atoms with Gasteiger partial charge in [0, 0.05) is 34.7 Å². The monoisotopic (exact) mass is 736 g/mol. The van der Waals surface area contributed by atoms with Gasteiger partial charge < -0.3 is 19.4 Å². The van der Waals surface area contributed by atoms with Crippen LogP contribution in [0.5, 0.6) is 5.75 Å². The van der Waals surface area contributed by atoms with Gasteiger partial charge in [-0.25, -0.2) is 28.0 Å². The van der Waals surface area contributed by atoms with E-state index >= 15 is 4.39 Å². The fraction of sp³-hybridized carbons (Fsp3) is 0.308. The summed E-state index contributed by atoms with van der Waals surface area (Å²) in [6, 6.07) is 12.2. The van der Waals surface area contributed by atoms with E-state index in [0.29, 0.717) is 75.2 Å². The first-order valence-electron chi connectivity index (χ1n) is 17.5. The van der Waals surface area contributed by atoms with E-state index in [1.165, 1.54) is 36.6 Å². The van der Waals surface area contributed by atoms with Crippen molar-refractivity contribution < 1.29 is 27.1 Å². The van der Waals surface area contributed by atoms with Crippen molar-refractivity contribution in [2.75, 3.05) is 19.0 Å². The molecule has 2 bridgehead atoms. The smallest absolute Gasteiger partial charge is 0.434 e. The Morgan fingerprint density at radius 3 is 2.62 bits per heavy atom. The van der Waals surface area contributed by atoms with Crippen LogP contribution in [0.1, 0.15) is 63.0 Å². The number of ether oxygens (including phenoxy) is 1. The van der Waals surface area contributed by atoms with Gasteiger partial charge in [0.1, 0.15) is 17.8 Å². The summed E-state index contributed by atoms with van der Waals surface area (Å²) in [6.07, 6.45) is 1.19. The summed E-state index contributed by atoms with van der Waals surface area (Å²) >= 11 is 1.38. The summed E-state index contributed by atoms with van der Waals surface area (Å²) in [4.78, 5) is 39.5. The lowest BCUT2D eigenvalue weighted by Crippen LogP contribution is -2.40. The molecule has 268 valence electrons. The van der Waals surface area contributed by atoms with Gasteiger partial charge in [0.2, 0.25) is 0 Å². The predicted molar refractivity (Wildman–Crippen MR) is 191 cm³/mol. The molecule has 7 heterocycles. The Kier molecular flexibility index (Phi) is 6.98. The Balaban J connectivity index is 1.16. The zero-order valence-corrected chi connectivity index (χ0v) is 29.4. The van der Waals surface area contributed by atoms with Crippen LogP contribution in [0.4, 0.5) is 19.0 Å². The van der Waals surface area contributed by atoms with Gasteiger partial charge in [0.25, 0.3) is 11.8 Å². The minimum Gasteiger partial charge on any atom is -0.493 e. The Hall–Kier alpha value is -5.50. The highest BCUT2D eigenvalue weighted by atomic mass is 32.1. The van der Waals surface area contributed by atoms with Crippen LogP contribution in [-0.2, 0) is 24.8 Å². The van der Waals surface area contributed by atoms with Crippen LogP contribution in [0.25, 0.3) is 32.0 Å². The minimum atomic E-state index is -1.37. The van der Waals surface area contributed by atoms with E-state index in [4.69, 9.17) is 19.1 Å². The lowest BCUT2D eigenvalue weighted by molar-refractivity contribution is 0.0637. The number of anilines is 1. The van der Waals surface area contributed by atoms with Crippen LogP contribution in [0.3, 0.4) is 0 Å². The van der Waals surface area contributed by atoms with E-state index in [0.717, 1.165) is 34.2 Å². The molecule has 2 atom stereocenters. The van der Waals surface area contributed by atoms with Crippen LogP contribution in [-0.4, -0.2) is 50.8 Å². The van der Waals surface area contributed by atoms with Crippen LogP contribution >= 0.6 is 11.3 Å². The first-order valence-corrected chi connectivity index (χ1v) is 18.3. The predicted octanol–water partition coefficient (Wildman–Crippen LogP) is 7.20. The Labute approximate surface area is 304 Å². The number of fused-ring (bicyclic) bond motifs is 3. The molecule has 2 N–H and O–H groups in total. The topological polar surface area (TPSA) is 126 Å². The Morgan fingerprint density at radius 1 is 1.06 bits per heavy atom. The fourth-order valence-corrected chi connectivity index (χ4v) is 10.2. The van der Waals surface area contributed by atoms with Gasteiger partial charge in [-0.05, 0) is 85.4 Å². The van der Waals surface area contributed by atoms with E-state index in [1.807, 2.05) is 24.0 Å². The molecule has 1 saturated carbocycles. The number of H-pyrrole nitrogens is 1. The third-order valence-corrected chi connectivity index (χ3v) is 12.5. The molecule has 1 spiro atoms. The number of aromatic nitrogens is 4. The van der Waals surface area contributed by atoms with E-state index in [1.54, 1.807) is 18.2 Å². The number of halogens is 3. The van der Waals surface area contributed by atoms with Gasteiger partial charge in [0.05, 0.1) is 45.9 Å². The van der Waals surface area contributed by atoms with E-state index < -0.39 is 29.3 Å². The van der Waals surface area contributed by atoms with Gasteiger partial charge in [-0.15, -0.1) is 16.4 Å². The lowest BCUT2D eigenvalue weighted by atomic mass is 9.71. The summed E-state index contributed by atoms with van der Waals surface area (Å²) in [7, 11) is 1.37. The van der Waals surface area contributed by atoms with Gasteiger partial charge in [-0.1, -0.05) is 18.2 Å². The van der Waals surface area contributed by atoms with Gasteiger partial charge in [0.15, 0.2) is 11.6 Å². The average Bonchev–Trinajstić information content (AvgIpc) is 3.97. The van der Waals surface area contributed by atoms with Crippen molar-refractivity contribution >= 4 is 33.1 Å². The largest absolute Gasteiger partial charge is 0.493 e. The number of pyridine rings is 2. The molecule has 5 aliphatic rings. The van der Waals surface area contributed by atoms with E-state index in [-0.39, 0.29) is 29.8 Å². The van der Waals surface area contributed by atoms with E-state index in [2.05, 4.69) is 15.5 Å². The molecule has 4 aromatic heterocycles. The number of amides is 1. The molecule has 53 heavy (non-hydrogen) atoms. The zero-order chi connectivity index (χ0) is 36.3. The first-order chi connectivity index (χ1) is 25.6. The highest BCUT2D eigenvalue weighted by molar-refractivity contribution is 7.23. The second-order valence-electron chi connectivity index (χ2n) is 14.4. The molecule has 1 amide bonds. The van der Waals surface area contributed by atoms with Crippen LogP contribution in [0.15, 0.2) is 57.7 Å². The third-order valence-electron chi connectivity index (χ3n) is 11.3. The molecule has 3 fully saturated rings. The summed E-state index contributed by atoms with van der Waals surface area (Å²) < 4.78 is 55.7. The number of nitrogens with one attached hydrogen (secondary N) is 2. The molecule has 2 saturated heterocycles. The number of carbonyl (C=O) groups is 1. The van der Waals surface area contributed by atoms with Crippen molar-refractivity contribution in [3.05, 3.63) is 110 Å². The molecule has 6 aromatic rings. The molecule has 10 nitrogen and oxygen atoms in total. The van der Waals surface area contributed by atoms with Crippen molar-refractivity contribution in [3.8, 4) is 27.6 Å². The molecule has 3 aliphatic heterocycles. The maximum atomic E-state index is 15.8. The number of thiophene rings is 1. The number of nitrogens with zero attached hydrogens (tertiary/aromatic N) is 4. The number of methoxy groups -OCH3 is 1. The van der Waals surface area contributed by atoms with Gasteiger partial charge in [-0.2, -0.15) is 0 Å². The SMILES string of the molecule is COc1c(F)ccc2c1C[C@@H](F)[C@H]2Nc1nc(C)cc2cc(-c3c4c(nc(CCc5ccc(F)cc5)c3-c3n[nH]c(=O)o3)C35CC(CN3C4=O)C5)sc12. The summed E-state index contributed by atoms with van der Waals surface area (Å²) in [5, 5.41) is 10.8. The van der Waals surface area contributed by atoms with Crippen molar-refractivity contribution in [2.24, 2.45) is 5.92 Å². The van der Waals surface area contributed by atoms with Crippen molar-refractivity contribution in [2.45, 2.75) is 56.8 Å². The quantitative estimate of drug-likeness (QED) is 0.168. The number of alkyl halides is 1. The number of aromatic amines is 1.